The lowest BCUT2D eigenvalue weighted by atomic mass is 10.0. The van der Waals surface area contributed by atoms with Gasteiger partial charge in [-0.25, -0.2) is 4.68 Å². The summed E-state index contributed by atoms with van der Waals surface area (Å²) in [5.74, 6) is -0.348. The van der Waals surface area contributed by atoms with Crippen molar-refractivity contribution in [3.05, 3.63) is 34.2 Å². The van der Waals surface area contributed by atoms with Crippen LogP contribution in [0.25, 0.3) is 0 Å². The van der Waals surface area contributed by atoms with Crippen LogP contribution in [0.1, 0.15) is 46.6 Å². The summed E-state index contributed by atoms with van der Waals surface area (Å²) in [5, 5.41) is 11.5. The number of aromatic nitrogens is 2. The van der Waals surface area contributed by atoms with E-state index in [1.165, 1.54) is 17.5 Å². The Hall–Kier alpha value is -2.07. The van der Waals surface area contributed by atoms with Gasteiger partial charge in [0.05, 0.1) is 18.3 Å². The van der Waals surface area contributed by atoms with E-state index in [4.69, 9.17) is 4.74 Å². The van der Waals surface area contributed by atoms with Gasteiger partial charge in [0.2, 0.25) is 0 Å². The molecular formula is C17H19F3N4O2S. The average molecular weight is 400 g/mol. The van der Waals surface area contributed by atoms with E-state index in [0.29, 0.717) is 13.2 Å². The van der Waals surface area contributed by atoms with Gasteiger partial charge in [-0.1, -0.05) is 6.07 Å². The number of hydrogen-bond donors (Lipinski definition) is 2. The summed E-state index contributed by atoms with van der Waals surface area (Å²) in [5.41, 5.74) is 0.114. The van der Waals surface area contributed by atoms with Gasteiger partial charge < -0.3 is 15.4 Å². The minimum atomic E-state index is -4.45. The molecule has 2 N–H and O–H groups in total. The monoisotopic (exact) mass is 400 g/mol. The molecule has 0 spiro atoms. The van der Waals surface area contributed by atoms with Gasteiger partial charge in [-0.05, 0) is 24.3 Å². The molecule has 0 bridgehead atoms. The SMILES string of the molecule is O=C(NC[C@@H]1CCCO1)c1cnn2c1N[C@H](c1cccs1)C[C@@H]2C(F)(F)F. The molecule has 0 radical (unpaired) electrons. The molecule has 2 aliphatic rings. The Kier molecular flexibility index (Phi) is 4.85. The first-order chi connectivity index (χ1) is 12.9. The van der Waals surface area contributed by atoms with Crippen molar-refractivity contribution >= 4 is 23.1 Å². The van der Waals surface area contributed by atoms with Crippen LogP contribution in [0.3, 0.4) is 0 Å². The summed E-state index contributed by atoms with van der Waals surface area (Å²) in [6, 6.07) is 1.29. The fraction of sp³-hybridized carbons (Fsp3) is 0.529. The zero-order valence-corrected chi connectivity index (χ0v) is 15.1. The van der Waals surface area contributed by atoms with Crippen molar-refractivity contribution in [1.82, 2.24) is 15.1 Å². The third-order valence-corrected chi connectivity index (χ3v) is 5.87. The molecule has 3 atom stereocenters. The Balaban J connectivity index is 1.59. The summed E-state index contributed by atoms with van der Waals surface area (Å²) in [7, 11) is 0. The Bertz CT molecular complexity index is 800. The zero-order valence-electron chi connectivity index (χ0n) is 14.3. The van der Waals surface area contributed by atoms with Crippen LogP contribution in [0.15, 0.2) is 23.7 Å². The molecule has 0 saturated carbocycles. The largest absolute Gasteiger partial charge is 0.410 e. The quantitative estimate of drug-likeness (QED) is 0.824. The molecular weight excluding hydrogens is 381 g/mol. The summed E-state index contributed by atoms with van der Waals surface area (Å²) in [4.78, 5) is 13.3. The third-order valence-electron chi connectivity index (χ3n) is 4.88. The Morgan fingerprint density at radius 1 is 1.48 bits per heavy atom. The molecule has 1 fully saturated rings. The van der Waals surface area contributed by atoms with Crippen molar-refractivity contribution in [2.75, 3.05) is 18.5 Å². The smallest absolute Gasteiger partial charge is 0.376 e. The molecule has 146 valence electrons. The zero-order chi connectivity index (χ0) is 19.0. The van der Waals surface area contributed by atoms with Gasteiger partial charge in [0, 0.05) is 24.4 Å². The first-order valence-electron chi connectivity index (χ1n) is 8.77. The molecule has 4 rings (SSSR count). The number of ether oxygens (including phenoxy) is 1. The van der Waals surface area contributed by atoms with E-state index >= 15 is 0 Å². The first-order valence-corrected chi connectivity index (χ1v) is 9.65. The molecule has 0 aliphatic carbocycles. The molecule has 10 heteroatoms. The Morgan fingerprint density at radius 3 is 3.00 bits per heavy atom. The van der Waals surface area contributed by atoms with E-state index in [1.54, 1.807) is 12.1 Å². The van der Waals surface area contributed by atoms with Crippen LogP contribution in [-0.4, -0.2) is 41.1 Å². The van der Waals surface area contributed by atoms with Crippen LogP contribution in [0.5, 0.6) is 0 Å². The molecule has 2 aromatic rings. The molecule has 0 aromatic carbocycles. The van der Waals surface area contributed by atoms with Crippen molar-refractivity contribution < 1.29 is 22.7 Å². The number of thiophene rings is 1. The number of nitrogens with one attached hydrogen (secondary N) is 2. The van der Waals surface area contributed by atoms with Gasteiger partial charge in [-0.3, -0.25) is 4.79 Å². The summed E-state index contributed by atoms with van der Waals surface area (Å²) in [6.07, 6.45) is -1.67. The number of amides is 1. The number of anilines is 1. The van der Waals surface area contributed by atoms with Gasteiger partial charge in [0.15, 0.2) is 6.04 Å². The predicted molar refractivity (Wildman–Crippen MR) is 93.9 cm³/mol. The molecule has 2 aliphatic heterocycles. The number of fused-ring (bicyclic) bond motifs is 1. The molecule has 4 heterocycles. The van der Waals surface area contributed by atoms with Gasteiger partial charge in [0.1, 0.15) is 11.4 Å². The number of halogens is 3. The highest BCUT2D eigenvalue weighted by Gasteiger charge is 2.47. The second-order valence-corrected chi connectivity index (χ2v) is 7.68. The second-order valence-electron chi connectivity index (χ2n) is 6.70. The lowest BCUT2D eigenvalue weighted by molar-refractivity contribution is -0.173. The number of carbonyl (C=O) groups excluding carboxylic acids is 1. The predicted octanol–water partition coefficient (Wildman–Crippen LogP) is 3.51. The molecule has 0 unspecified atom stereocenters. The van der Waals surface area contributed by atoms with E-state index in [9.17, 15) is 18.0 Å². The van der Waals surface area contributed by atoms with Crippen LogP contribution >= 0.6 is 11.3 Å². The maximum atomic E-state index is 13.6. The van der Waals surface area contributed by atoms with E-state index in [0.717, 1.165) is 22.4 Å². The maximum absolute atomic E-state index is 13.6. The third kappa shape index (κ3) is 3.68. The fourth-order valence-electron chi connectivity index (χ4n) is 3.51. The van der Waals surface area contributed by atoms with Gasteiger partial charge in [-0.15, -0.1) is 11.3 Å². The Morgan fingerprint density at radius 2 is 2.33 bits per heavy atom. The lowest BCUT2D eigenvalue weighted by Crippen LogP contribution is -2.37. The van der Waals surface area contributed by atoms with Crippen LogP contribution in [-0.2, 0) is 4.74 Å². The Labute approximate surface area is 157 Å². The number of nitrogens with zero attached hydrogens (tertiary/aromatic N) is 2. The number of alkyl halides is 3. The number of hydrogen-bond acceptors (Lipinski definition) is 5. The molecule has 6 nitrogen and oxygen atoms in total. The van der Waals surface area contributed by atoms with Crippen molar-refractivity contribution in [2.24, 2.45) is 0 Å². The molecule has 1 amide bonds. The summed E-state index contributed by atoms with van der Waals surface area (Å²) in [6.45, 7) is 1.00. The maximum Gasteiger partial charge on any atom is 0.410 e. The van der Waals surface area contributed by atoms with Gasteiger partial charge in [0.25, 0.3) is 5.91 Å². The number of carbonyl (C=O) groups is 1. The highest BCUT2D eigenvalue weighted by Crippen LogP contribution is 2.44. The van der Waals surface area contributed by atoms with Gasteiger partial charge >= 0.3 is 6.18 Å². The van der Waals surface area contributed by atoms with Crippen molar-refractivity contribution in [2.45, 2.75) is 43.6 Å². The summed E-state index contributed by atoms with van der Waals surface area (Å²) < 4.78 is 47.1. The molecule has 2 aromatic heterocycles. The van der Waals surface area contributed by atoms with Crippen molar-refractivity contribution in [1.29, 1.82) is 0 Å². The van der Waals surface area contributed by atoms with E-state index < -0.39 is 24.2 Å². The topological polar surface area (TPSA) is 68.2 Å². The molecule has 27 heavy (non-hydrogen) atoms. The standard InChI is InChI=1S/C17H19F3N4O2S/c18-17(19,20)14-7-12(13-4-2-6-27-13)23-15-11(9-22-24(14)15)16(25)21-8-10-3-1-5-26-10/h2,4,6,9-10,12,14,23H,1,3,5,7-8H2,(H,21,25)/t10-,12-,14+/m0/s1. The minimum absolute atomic E-state index is 0.0462. The molecule has 1 saturated heterocycles. The minimum Gasteiger partial charge on any atom is -0.376 e. The van der Waals surface area contributed by atoms with Crippen molar-refractivity contribution in [3.8, 4) is 0 Å². The van der Waals surface area contributed by atoms with Gasteiger partial charge in [-0.2, -0.15) is 18.3 Å². The first kappa shape index (κ1) is 18.3. The number of rotatable bonds is 4. The highest BCUT2D eigenvalue weighted by molar-refractivity contribution is 7.10. The van der Waals surface area contributed by atoms with Crippen LogP contribution in [0, 0.1) is 0 Å². The highest BCUT2D eigenvalue weighted by atomic mass is 32.1. The van der Waals surface area contributed by atoms with Crippen molar-refractivity contribution in [3.63, 3.8) is 0 Å². The summed E-state index contributed by atoms with van der Waals surface area (Å²) >= 11 is 1.38. The lowest BCUT2D eigenvalue weighted by Gasteiger charge is -2.33. The normalized spacial score (nSPS) is 25.1. The van der Waals surface area contributed by atoms with E-state index in [-0.39, 0.29) is 23.9 Å². The van der Waals surface area contributed by atoms with Crippen LogP contribution < -0.4 is 10.6 Å². The average Bonchev–Trinajstić information content (AvgIpc) is 3.39. The second kappa shape index (κ2) is 7.16. The van der Waals surface area contributed by atoms with E-state index in [1.807, 2.05) is 5.38 Å². The van der Waals surface area contributed by atoms with E-state index in [2.05, 4.69) is 15.7 Å². The fourth-order valence-corrected chi connectivity index (χ4v) is 4.30. The van der Waals surface area contributed by atoms with Crippen LogP contribution in [0.4, 0.5) is 19.0 Å². The van der Waals surface area contributed by atoms with Crippen LogP contribution in [0.2, 0.25) is 0 Å².